The van der Waals surface area contributed by atoms with Gasteiger partial charge in [0.25, 0.3) is 5.91 Å². The smallest absolute Gasteiger partial charge is 0.348 e. The van der Waals surface area contributed by atoms with Crippen molar-refractivity contribution < 1.29 is 14.3 Å². The summed E-state index contributed by atoms with van der Waals surface area (Å²) in [6.07, 6.45) is 5.72. The largest absolute Gasteiger partial charge is 0.451 e. The zero-order chi connectivity index (χ0) is 16.8. The molecule has 1 heterocycles. The highest BCUT2D eigenvalue weighted by Gasteiger charge is 2.19. The average Bonchev–Trinajstić information content (AvgIpc) is 2.80. The highest BCUT2D eigenvalue weighted by atomic mass is 32.1. The summed E-state index contributed by atoms with van der Waals surface area (Å²) in [4.78, 5) is 27.8. The predicted molar refractivity (Wildman–Crippen MR) is 92.9 cm³/mol. The minimum absolute atomic E-state index is 0.179. The van der Waals surface area contributed by atoms with Crippen molar-refractivity contribution in [2.75, 3.05) is 19.7 Å². The maximum Gasteiger partial charge on any atom is 0.348 e. The molecule has 1 aromatic heterocycles. The van der Waals surface area contributed by atoms with Crippen molar-refractivity contribution in [2.45, 2.75) is 46.0 Å². The molecule has 0 aromatic carbocycles. The lowest BCUT2D eigenvalue weighted by Crippen LogP contribution is -2.35. The number of amides is 1. The first-order valence-electron chi connectivity index (χ1n) is 8.22. The Balaban J connectivity index is 1.92. The van der Waals surface area contributed by atoms with Crippen LogP contribution in [0, 0.1) is 0 Å². The zero-order valence-corrected chi connectivity index (χ0v) is 14.8. The first-order chi connectivity index (χ1) is 11.0. The summed E-state index contributed by atoms with van der Waals surface area (Å²) in [5.74, 6) is -0.565. The third-order valence-electron chi connectivity index (χ3n) is 3.97. The molecule has 0 unspecified atom stereocenters. The van der Waals surface area contributed by atoms with Gasteiger partial charge in [-0.25, -0.2) is 4.79 Å². The van der Waals surface area contributed by atoms with E-state index < -0.39 is 0 Å². The number of fused-ring (bicyclic) bond motifs is 1. The van der Waals surface area contributed by atoms with Crippen LogP contribution in [-0.4, -0.2) is 36.5 Å². The van der Waals surface area contributed by atoms with E-state index in [1.165, 1.54) is 41.0 Å². The molecule has 5 heteroatoms. The van der Waals surface area contributed by atoms with Crippen LogP contribution in [0.1, 0.15) is 53.2 Å². The van der Waals surface area contributed by atoms with E-state index in [1.54, 1.807) is 4.90 Å². The van der Waals surface area contributed by atoms with Gasteiger partial charge in [-0.1, -0.05) is 18.6 Å². The second kappa shape index (κ2) is 8.29. The van der Waals surface area contributed by atoms with Gasteiger partial charge in [-0.05, 0) is 51.2 Å². The summed E-state index contributed by atoms with van der Waals surface area (Å²) in [6.45, 7) is 8.46. The van der Waals surface area contributed by atoms with Crippen LogP contribution in [0.4, 0.5) is 0 Å². The SMILES string of the molecule is C=C(C)CN(CC)C(=O)COC(=O)c1cc2c(s1)CCCCC2. The molecule has 1 aromatic rings. The number of carbonyl (C=O) groups excluding carboxylic acids is 2. The number of thiophene rings is 1. The maximum absolute atomic E-state index is 12.2. The van der Waals surface area contributed by atoms with Crippen molar-refractivity contribution in [2.24, 2.45) is 0 Å². The third kappa shape index (κ3) is 4.93. The van der Waals surface area contributed by atoms with Gasteiger partial charge in [0, 0.05) is 18.0 Å². The highest BCUT2D eigenvalue weighted by Crippen LogP contribution is 2.29. The van der Waals surface area contributed by atoms with Gasteiger partial charge in [0.05, 0.1) is 0 Å². The number of esters is 1. The Morgan fingerprint density at radius 1 is 1.30 bits per heavy atom. The van der Waals surface area contributed by atoms with Crippen molar-refractivity contribution in [3.05, 3.63) is 33.5 Å². The molecule has 0 aliphatic heterocycles. The van der Waals surface area contributed by atoms with Gasteiger partial charge in [0.15, 0.2) is 6.61 Å². The van der Waals surface area contributed by atoms with Crippen LogP contribution in [-0.2, 0) is 22.4 Å². The number of hydrogen-bond donors (Lipinski definition) is 0. The van der Waals surface area contributed by atoms with Crippen molar-refractivity contribution in [1.82, 2.24) is 4.90 Å². The molecule has 0 radical (unpaired) electrons. The highest BCUT2D eigenvalue weighted by molar-refractivity contribution is 7.14. The van der Waals surface area contributed by atoms with Gasteiger partial charge < -0.3 is 9.64 Å². The molecule has 0 fully saturated rings. The van der Waals surface area contributed by atoms with E-state index in [2.05, 4.69) is 6.58 Å². The quantitative estimate of drug-likeness (QED) is 0.453. The van der Waals surface area contributed by atoms with Crippen LogP contribution < -0.4 is 0 Å². The van der Waals surface area contributed by atoms with Crippen LogP contribution >= 0.6 is 11.3 Å². The average molecular weight is 335 g/mol. The summed E-state index contributed by atoms with van der Waals surface area (Å²) in [5.41, 5.74) is 2.19. The summed E-state index contributed by atoms with van der Waals surface area (Å²) in [5, 5.41) is 0. The van der Waals surface area contributed by atoms with E-state index in [0.717, 1.165) is 18.4 Å². The molecular formula is C18H25NO3S. The Bertz CT molecular complexity index is 568. The molecule has 4 nitrogen and oxygen atoms in total. The Morgan fingerprint density at radius 3 is 2.74 bits per heavy atom. The van der Waals surface area contributed by atoms with E-state index in [0.29, 0.717) is 18.0 Å². The third-order valence-corrected chi connectivity index (χ3v) is 5.19. The molecule has 1 aliphatic rings. The normalized spacial score (nSPS) is 13.8. The number of carbonyl (C=O) groups is 2. The number of ether oxygens (including phenoxy) is 1. The molecule has 2 rings (SSSR count). The number of hydrogen-bond acceptors (Lipinski definition) is 4. The van der Waals surface area contributed by atoms with Gasteiger partial charge in [0.1, 0.15) is 4.88 Å². The minimum atomic E-state index is -0.386. The molecule has 1 amide bonds. The van der Waals surface area contributed by atoms with Crippen LogP contribution in [0.25, 0.3) is 0 Å². The monoisotopic (exact) mass is 335 g/mol. The molecule has 0 spiro atoms. The molecule has 126 valence electrons. The van der Waals surface area contributed by atoms with E-state index >= 15 is 0 Å². The van der Waals surface area contributed by atoms with Crippen molar-refractivity contribution in [1.29, 1.82) is 0 Å². The van der Waals surface area contributed by atoms with Crippen molar-refractivity contribution in [3.8, 4) is 0 Å². The Kier molecular flexibility index (Phi) is 6.39. The van der Waals surface area contributed by atoms with Crippen LogP contribution in [0.3, 0.4) is 0 Å². The second-order valence-electron chi connectivity index (χ2n) is 6.06. The zero-order valence-electron chi connectivity index (χ0n) is 14.0. The fourth-order valence-electron chi connectivity index (χ4n) is 2.76. The molecule has 0 atom stereocenters. The maximum atomic E-state index is 12.2. The molecular weight excluding hydrogens is 310 g/mol. The first kappa shape index (κ1) is 17.7. The number of nitrogens with zero attached hydrogens (tertiary/aromatic N) is 1. The van der Waals surface area contributed by atoms with Gasteiger partial charge in [-0.15, -0.1) is 11.3 Å². The molecule has 0 bridgehead atoms. The van der Waals surface area contributed by atoms with Crippen LogP contribution in [0.5, 0.6) is 0 Å². The summed E-state index contributed by atoms with van der Waals surface area (Å²) in [7, 11) is 0. The van der Waals surface area contributed by atoms with Crippen LogP contribution in [0.2, 0.25) is 0 Å². The van der Waals surface area contributed by atoms with E-state index in [-0.39, 0.29) is 18.5 Å². The van der Waals surface area contributed by atoms with E-state index in [9.17, 15) is 9.59 Å². The fourth-order valence-corrected chi connectivity index (χ4v) is 3.91. The fraction of sp³-hybridized carbons (Fsp3) is 0.556. The lowest BCUT2D eigenvalue weighted by Gasteiger charge is -2.20. The first-order valence-corrected chi connectivity index (χ1v) is 9.03. The summed E-state index contributed by atoms with van der Waals surface area (Å²) < 4.78 is 5.21. The molecule has 0 saturated carbocycles. The van der Waals surface area contributed by atoms with Gasteiger partial charge in [-0.3, -0.25) is 4.79 Å². The van der Waals surface area contributed by atoms with Crippen LogP contribution in [0.15, 0.2) is 18.2 Å². The number of aryl methyl sites for hydroxylation is 2. The molecule has 0 saturated heterocycles. The summed E-state index contributed by atoms with van der Waals surface area (Å²) in [6, 6.07) is 1.95. The minimum Gasteiger partial charge on any atom is -0.451 e. The Labute approximate surface area is 142 Å². The van der Waals surface area contributed by atoms with Crippen molar-refractivity contribution in [3.63, 3.8) is 0 Å². The molecule has 0 N–H and O–H groups in total. The predicted octanol–water partition coefficient (Wildman–Crippen LogP) is 3.60. The number of likely N-dealkylation sites (N-methyl/N-ethyl adjacent to an activating group) is 1. The van der Waals surface area contributed by atoms with Crippen molar-refractivity contribution >= 4 is 23.2 Å². The number of rotatable bonds is 6. The van der Waals surface area contributed by atoms with E-state index in [4.69, 9.17) is 4.74 Å². The lowest BCUT2D eigenvalue weighted by molar-refractivity contribution is -0.133. The summed E-state index contributed by atoms with van der Waals surface area (Å²) >= 11 is 1.52. The van der Waals surface area contributed by atoms with Gasteiger partial charge in [-0.2, -0.15) is 0 Å². The van der Waals surface area contributed by atoms with Gasteiger partial charge >= 0.3 is 5.97 Å². The Morgan fingerprint density at radius 2 is 2.04 bits per heavy atom. The van der Waals surface area contributed by atoms with E-state index in [1.807, 2.05) is 19.9 Å². The second-order valence-corrected chi connectivity index (χ2v) is 7.20. The molecule has 1 aliphatic carbocycles. The topological polar surface area (TPSA) is 46.6 Å². The standard InChI is InChI=1S/C18H25NO3S/c1-4-19(11-13(2)3)17(20)12-22-18(21)16-10-14-8-6-5-7-9-15(14)23-16/h10H,2,4-9,11-12H2,1,3H3. The molecule has 23 heavy (non-hydrogen) atoms. The Hall–Kier alpha value is -1.62. The van der Waals surface area contributed by atoms with Gasteiger partial charge in [0.2, 0.25) is 0 Å². The lowest BCUT2D eigenvalue weighted by atomic mass is 10.1.